The van der Waals surface area contributed by atoms with Gasteiger partial charge >= 0.3 is 19.2 Å². The molecule has 3 aliphatic heterocycles. The third-order valence-corrected chi connectivity index (χ3v) is 9.47. The molecule has 0 aromatic carbocycles. The zero-order chi connectivity index (χ0) is 21.5. The maximum Gasteiger partial charge on any atom is 0.457 e. The SMILES string of the molecule is CC1(C)[C@@H]2C[C@H]3OB(CCC[C@]45CCN[C@H]4CN(C(=O)O)[C@@H]5C(=O)O)O[C@@]3(C)[C@H]1C2. The molecule has 3 aliphatic carbocycles. The number of nitrogens with zero attached hydrogens (tertiary/aromatic N) is 1. The molecule has 1 amide bonds. The molecule has 0 unspecified atom stereocenters. The van der Waals surface area contributed by atoms with Crippen LogP contribution in [0.5, 0.6) is 0 Å². The van der Waals surface area contributed by atoms with E-state index in [-0.39, 0.29) is 31.4 Å². The molecule has 0 spiro atoms. The van der Waals surface area contributed by atoms with Crippen molar-refractivity contribution >= 4 is 19.2 Å². The van der Waals surface area contributed by atoms with Crippen LogP contribution in [0.25, 0.3) is 0 Å². The molecule has 6 rings (SSSR count). The Morgan fingerprint density at radius 2 is 2.00 bits per heavy atom. The second-order valence-corrected chi connectivity index (χ2v) is 11.0. The molecule has 3 saturated carbocycles. The summed E-state index contributed by atoms with van der Waals surface area (Å²) in [7, 11) is -0.250. The molecule has 30 heavy (non-hydrogen) atoms. The van der Waals surface area contributed by atoms with Crippen molar-refractivity contribution in [1.82, 2.24) is 10.2 Å². The van der Waals surface area contributed by atoms with E-state index in [0.29, 0.717) is 30.1 Å². The molecule has 2 bridgehead atoms. The van der Waals surface area contributed by atoms with Gasteiger partial charge in [0.2, 0.25) is 0 Å². The monoisotopic (exact) mass is 420 g/mol. The van der Waals surface area contributed by atoms with Crippen LogP contribution >= 0.6 is 0 Å². The molecule has 7 atom stereocenters. The molecule has 0 aromatic rings. The first-order chi connectivity index (χ1) is 14.1. The Morgan fingerprint density at radius 3 is 2.67 bits per heavy atom. The third-order valence-electron chi connectivity index (χ3n) is 9.47. The van der Waals surface area contributed by atoms with Gasteiger partial charge in [-0.2, -0.15) is 0 Å². The number of hydrogen-bond donors (Lipinski definition) is 3. The first-order valence-electron chi connectivity index (χ1n) is 11.4. The van der Waals surface area contributed by atoms with Crippen LogP contribution in [0.15, 0.2) is 0 Å². The number of carboxylic acid groups (broad SMARTS) is 2. The highest BCUT2D eigenvalue weighted by Crippen LogP contribution is 2.65. The van der Waals surface area contributed by atoms with E-state index >= 15 is 0 Å². The molecule has 8 nitrogen and oxygen atoms in total. The Morgan fingerprint density at radius 1 is 1.23 bits per heavy atom. The number of aliphatic carboxylic acids is 1. The van der Waals surface area contributed by atoms with Crippen LogP contribution in [0, 0.1) is 22.7 Å². The molecule has 0 aromatic heterocycles. The van der Waals surface area contributed by atoms with Crippen LogP contribution in [0.3, 0.4) is 0 Å². The number of likely N-dealkylation sites (tertiary alicyclic amines) is 1. The fourth-order valence-electron chi connectivity index (χ4n) is 7.72. The lowest BCUT2D eigenvalue weighted by Gasteiger charge is -2.64. The first-order valence-corrected chi connectivity index (χ1v) is 11.4. The smallest absolute Gasteiger partial charge is 0.457 e. The number of fused-ring (bicyclic) bond motifs is 1. The first kappa shape index (κ1) is 20.6. The largest absolute Gasteiger partial charge is 0.480 e. The maximum atomic E-state index is 12.0. The average molecular weight is 420 g/mol. The summed E-state index contributed by atoms with van der Waals surface area (Å²) in [6, 6.07) is -1.10. The summed E-state index contributed by atoms with van der Waals surface area (Å²) in [5, 5.41) is 22.7. The second kappa shape index (κ2) is 6.59. The maximum absolute atomic E-state index is 12.0. The minimum absolute atomic E-state index is 0.103. The molecular formula is C21H33BN2O6. The van der Waals surface area contributed by atoms with Gasteiger partial charge in [-0.25, -0.2) is 9.59 Å². The lowest BCUT2D eigenvalue weighted by molar-refractivity contribution is -0.199. The van der Waals surface area contributed by atoms with E-state index < -0.39 is 23.5 Å². The van der Waals surface area contributed by atoms with Crippen molar-refractivity contribution in [1.29, 1.82) is 0 Å². The quantitative estimate of drug-likeness (QED) is 0.586. The van der Waals surface area contributed by atoms with Crippen LogP contribution in [0.4, 0.5) is 4.79 Å². The van der Waals surface area contributed by atoms with Gasteiger partial charge in [-0.15, -0.1) is 0 Å². The van der Waals surface area contributed by atoms with Gasteiger partial charge < -0.3 is 24.8 Å². The zero-order valence-corrected chi connectivity index (χ0v) is 18.1. The highest BCUT2D eigenvalue weighted by molar-refractivity contribution is 6.45. The Kier molecular flexibility index (Phi) is 4.52. The highest BCUT2D eigenvalue weighted by Gasteiger charge is 2.68. The van der Waals surface area contributed by atoms with Crippen molar-refractivity contribution in [3.8, 4) is 0 Å². The fraction of sp³-hybridized carbons (Fsp3) is 0.905. The van der Waals surface area contributed by atoms with Crippen molar-refractivity contribution in [2.75, 3.05) is 13.1 Å². The van der Waals surface area contributed by atoms with Crippen molar-refractivity contribution in [2.24, 2.45) is 22.7 Å². The lowest BCUT2D eigenvalue weighted by atomic mass is 9.43. The van der Waals surface area contributed by atoms with E-state index in [9.17, 15) is 19.8 Å². The number of nitrogens with one attached hydrogen (secondary N) is 1. The third kappa shape index (κ3) is 2.64. The highest BCUT2D eigenvalue weighted by atomic mass is 16.7. The van der Waals surface area contributed by atoms with E-state index in [2.05, 4.69) is 26.1 Å². The Bertz CT molecular complexity index is 764. The molecule has 3 saturated heterocycles. The molecule has 6 aliphatic rings. The van der Waals surface area contributed by atoms with E-state index in [0.717, 1.165) is 30.6 Å². The predicted molar refractivity (Wildman–Crippen MR) is 109 cm³/mol. The molecule has 6 fully saturated rings. The van der Waals surface area contributed by atoms with Gasteiger partial charge in [-0.1, -0.05) is 20.3 Å². The normalized spacial score (nSPS) is 45.8. The number of carboxylic acids is 1. The topological polar surface area (TPSA) is 108 Å². The summed E-state index contributed by atoms with van der Waals surface area (Å²) in [5.74, 6) is 0.192. The molecule has 166 valence electrons. The van der Waals surface area contributed by atoms with Gasteiger partial charge in [0.1, 0.15) is 6.04 Å². The van der Waals surface area contributed by atoms with Crippen molar-refractivity contribution in [3.05, 3.63) is 0 Å². The van der Waals surface area contributed by atoms with Gasteiger partial charge in [-0.05, 0) is 62.7 Å². The van der Waals surface area contributed by atoms with Crippen LogP contribution < -0.4 is 5.32 Å². The average Bonchev–Trinajstić information content (AvgIpc) is 3.28. The van der Waals surface area contributed by atoms with E-state index in [1.807, 2.05) is 0 Å². The second-order valence-electron chi connectivity index (χ2n) is 11.0. The number of amides is 1. The Balaban J connectivity index is 1.25. The Labute approximate surface area is 177 Å². The number of carbonyl (C=O) groups is 2. The molecular weight excluding hydrogens is 387 g/mol. The Hall–Kier alpha value is -1.32. The van der Waals surface area contributed by atoms with Crippen molar-refractivity contribution in [3.63, 3.8) is 0 Å². The van der Waals surface area contributed by atoms with Gasteiger partial charge in [0.15, 0.2) is 0 Å². The van der Waals surface area contributed by atoms with Crippen LogP contribution in [-0.2, 0) is 14.1 Å². The standard InChI is InChI=1S/C21H33BN2O6/c1-19(2)12-9-13(19)20(3)15(10-12)29-22(30-20)7-4-5-21-6-8-23-14(21)11-24(18(27)28)16(21)17(25)26/h12-16,23H,4-11H2,1-3H3,(H,25,26)(H,27,28)/t12-,13-,14-,15+,16+,20-,21-/m0/s1. The fourth-order valence-corrected chi connectivity index (χ4v) is 7.72. The summed E-state index contributed by atoms with van der Waals surface area (Å²) in [5.41, 5.74) is -0.469. The molecule has 9 heteroatoms. The van der Waals surface area contributed by atoms with Crippen LogP contribution in [0.1, 0.15) is 52.9 Å². The molecule has 0 radical (unpaired) electrons. The summed E-state index contributed by atoms with van der Waals surface area (Å²) in [4.78, 5) is 24.8. The van der Waals surface area contributed by atoms with Crippen LogP contribution in [0.2, 0.25) is 6.32 Å². The van der Waals surface area contributed by atoms with E-state index in [4.69, 9.17) is 9.31 Å². The minimum Gasteiger partial charge on any atom is -0.480 e. The number of rotatable bonds is 5. The summed E-state index contributed by atoms with van der Waals surface area (Å²) in [6.45, 7) is 7.86. The van der Waals surface area contributed by atoms with Gasteiger partial charge in [-0.3, -0.25) is 4.90 Å². The van der Waals surface area contributed by atoms with Gasteiger partial charge in [0.05, 0.1) is 11.7 Å². The van der Waals surface area contributed by atoms with E-state index in [1.165, 1.54) is 6.42 Å². The minimum atomic E-state index is -1.15. The zero-order valence-electron chi connectivity index (χ0n) is 18.1. The van der Waals surface area contributed by atoms with Crippen LogP contribution in [-0.4, -0.2) is 71.2 Å². The lowest BCUT2D eigenvalue weighted by Crippen LogP contribution is -2.65. The number of hydrogen-bond acceptors (Lipinski definition) is 5. The van der Waals surface area contributed by atoms with Gasteiger partial charge in [0, 0.05) is 18.0 Å². The summed E-state index contributed by atoms with van der Waals surface area (Å²) < 4.78 is 12.8. The van der Waals surface area contributed by atoms with E-state index in [1.54, 1.807) is 0 Å². The van der Waals surface area contributed by atoms with Gasteiger partial charge in [0.25, 0.3) is 0 Å². The molecule has 3 N–H and O–H groups in total. The predicted octanol–water partition coefficient (Wildman–Crippen LogP) is 2.29. The van der Waals surface area contributed by atoms with Crippen molar-refractivity contribution in [2.45, 2.75) is 83.0 Å². The summed E-state index contributed by atoms with van der Waals surface area (Å²) >= 11 is 0. The summed E-state index contributed by atoms with van der Waals surface area (Å²) in [6.07, 6.45) is 4.10. The van der Waals surface area contributed by atoms with Crippen molar-refractivity contribution < 1.29 is 29.1 Å². The molecule has 3 heterocycles.